The maximum Gasteiger partial charge on any atom is 0.0432 e. The fraction of sp³-hybridized carbons (Fsp3) is 1.00. The van der Waals surface area contributed by atoms with E-state index in [1.165, 1.54) is 38.1 Å². The molecule has 3 heteroatoms. The standard InChI is InChI=1S/C13H26N2S/c1-11-7-13(8-14,10-16-11)15-6-4-5-12(2,3)9-15/h11H,4-10,14H2,1-3H3. The van der Waals surface area contributed by atoms with Crippen molar-refractivity contribution in [1.82, 2.24) is 4.90 Å². The Kier molecular flexibility index (Phi) is 3.58. The van der Waals surface area contributed by atoms with Gasteiger partial charge in [0.05, 0.1) is 0 Å². The largest absolute Gasteiger partial charge is 0.329 e. The molecule has 2 saturated heterocycles. The first-order valence-electron chi connectivity index (χ1n) is 6.54. The number of piperidine rings is 1. The fourth-order valence-electron chi connectivity index (χ4n) is 3.27. The maximum atomic E-state index is 6.10. The summed E-state index contributed by atoms with van der Waals surface area (Å²) in [4.78, 5) is 2.70. The van der Waals surface area contributed by atoms with Crippen molar-refractivity contribution in [2.75, 3.05) is 25.4 Å². The molecule has 0 aromatic carbocycles. The van der Waals surface area contributed by atoms with Crippen molar-refractivity contribution in [2.45, 2.75) is 50.8 Å². The maximum absolute atomic E-state index is 6.10. The second-order valence-corrected chi connectivity index (χ2v) is 7.87. The predicted octanol–water partition coefficient (Wildman–Crippen LogP) is 2.33. The Labute approximate surface area is 104 Å². The summed E-state index contributed by atoms with van der Waals surface area (Å²) in [7, 11) is 0. The van der Waals surface area contributed by atoms with E-state index in [-0.39, 0.29) is 0 Å². The van der Waals surface area contributed by atoms with Crippen molar-refractivity contribution in [2.24, 2.45) is 11.1 Å². The van der Waals surface area contributed by atoms with Crippen LogP contribution in [0.3, 0.4) is 0 Å². The van der Waals surface area contributed by atoms with Crippen molar-refractivity contribution in [3.8, 4) is 0 Å². The van der Waals surface area contributed by atoms with Crippen LogP contribution < -0.4 is 5.73 Å². The molecule has 0 aliphatic carbocycles. The van der Waals surface area contributed by atoms with E-state index in [4.69, 9.17) is 5.73 Å². The highest BCUT2D eigenvalue weighted by Gasteiger charge is 2.44. The zero-order valence-electron chi connectivity index (χ0n) is 11.0. The highest BCUT2D eigenvalue weighted by Crippen LogP contribution is 2.41. The van der Waals surface area contributed by atoms with Gasteiger partial charge in [0.15, 0.2) is 0 Å². The zero-order valence-corrected chi connectivity index (χ0v) is 11.8. The number of thioether (sulfide) groups is 1. The van der Waals surface area contributed by atoms with E-state index < -0.39 is 0 Å². The molecule has 2 fully saturated rings. The van der Waals surface area contributed by atoms with E-state index in [0.717, 1.165) is 11.8 Å². The molecule has 2 heterocycles. The molecule has 0 amide bonds. The van der Waals surface area contributed by atoms with Crippen LogP contribution in [0.2, 0.25) is 0 Å². The Bertz CT molecular complexity index is 254. The van der Waals surface area contributed by atoms with Crippen molar-refractivity contribution in [3.05, 3.63) is 0 Å². The first-order chi connectivity index (χ1) is 7.47. The summed E-state index contributed by atoms with van der Waals surface area (Å²) in [6.07, 6.45) is 3.99. The summed E-state index contributed by atoms with van der Waals surface area (Å²) in [5, 5.41) is 0.786. The van der Waals surface area contributed by atoms with Crippen LogP contribution in [0, 0.1) is 5.41 Å². The Hall–Kier alpha value is 0.270. The number of nitrogens with zero attached hydrogens (tertiary/aromatic N) is 1. The quantitative estimate of drug-likeness (QED) is 0.806. The second kappa shape index (κ2) is 4.51. The first-order valence-corrected chi connectivity index (χ1v) is 7.59. The second-order valence-electron chi connectivity index (χ2n) is 6.44. The van der Waals surface area contributed by atoms with Gasteiger partial charge in [-0.1, -0.05) is 20.8 Å². The van der Waals surface area contributed by atoms with Gasteiger partial charge in [0.2, 0.25) is 0 Å². The summed E-state index contributed by atoms with van der Waals surface area (Å²) < 4.78 is 0. The Morgan fingerprint density at radius 3 is 2.69 bits per heavy atom. The van der Waals surface area contributed by atoms with Crippen LogP contribution in [0.25, 0.3) is 0 Å². The van der Waals surface area contributed by atoms with Gasteiger partial charge in [-0.2, -0.15) is 11.8 Å². The van der Waals surface area contributed by atoms with Gasteiger partial charge in [-0.3, -0.25) is 4.90 Å². The lowest BCUT2D eigenvalue weighted by Crippen LogP contribution is -2.58. The van der Waals surface area contributed by atoms with E-state index in [9.17, 15) is 0 Å². The SMILES string of the molecule is CC1CC(CN)(N2CCCC(C)(C)C2)CS1. The number of hydrogen-bond donors (Lipinski definition) is 1. The topological polar surface area (TPSA) is 29.3 Å². The van der Waals surface area contributed by atoms with Gasteiger partial charge < -0.3 is 5.73 Å². The molecule has 0 aromatic heterocycles. The predicted molar refractivity (Wildman–Crippen MR) is 72.9 cm³/mol. The third-order valence-electron chi connectivity index (χ3n) is 4.26. The van der Waals surface area contributed by atoms with Crippen LogP contribution in [0.15, 0.2) is 0 Å². The smallest absolute Gasteiger partial charge is 0.0432 e. The number of hydrogen-bond acceptors (Lipinski definition) is 3. The molecule has 0 radical (unpaired) electrons. The summed E-state index contributed by atoms with van der Waals surface area (Å²) in [5.41, 5.74) is 6.89. The summed E-state index contributed by atoms with van der Waals surface area (Å²) in [6.45, 7) is 10.5. The minimum atomic E-state index is 0.307. The van der Waals surface area contributed by atoms with E-state index in [1.807, 2.05) is 0 Å². The monoisotopic (exact) mass is 242 g/mol. The van der Waals surface area contributed by atoms with Gasteiger partial charge >= 0.3 is 0 Å². The van der Waals surface area contributed by atoms with Crippen molar-refractivity contribution >= 4 is 11.8 Å². The lowest BCUT2D eigenvalue weighted by Gasteiger charge is -2.47. The summed E-state index contributed by atoms with van der Waals surface area (Å²) in [5.74, 6) is 1.24. The zero-order chi connectivity index (χ0) is 11.8. The minimum Gasteiger partial charge on any atom is -0.329 e. The molecule has 0 bridgehead atoms. The van der Waals surface area contributed by atoms with Gasteiger partial charge in [0.1, 0.15) is 0 Å². The molecule has 2 nitrogen and oxygen atoms in total. The van der Waals surface area contributed by atoms with Crippen molar-refractivity contribution in [1.29, 1.82) is 0 Å². The lowest BCUT2D eigenvalue weighted by molar-refractivity contribution is 0.0303. The van der Waals surface area contributed by atoms with Crippen molar-refractivity contribution in [3.63, 3.8) is 0 Å². The van der Waals surface area contributed by atoms with Crippen molar-refractivity contribution < 1.29 is 0 Å². The van der Waals surface area contributed by atoms with Crippen LogP contribution in [-0.2, 0) is 0 Å². The van der Waals surface area contributed by atoms with E-state index in [0.29, 0.717) is 11.0 Å². The third-order valence-corrected chi connectivity index (χ3v) is 5.69. The molecule has 2 atom stereocenters. The molecule has 0 aromatic rings. The fourth-order valence-corrected chi connectivity index (χ4v) is 4.71. The van der Waals surface area contributed by atoms with E-state index in [1.54, 1.807) is 0 Å². The van der Waals surface area contributed by atoms with Gasteiger partial charge in [0.25, 0.3) is 0 Å². The third kappa shape index (κ3) is 2.41. The Morgan fingerprint density at radius 1 is 1.44 bits per heavy atom. The lowest BCUT2D eigenvalue weighted by atomic mass is 9.80. The molecule has 0 saturated carbocycles. The Morgan fingerprint density at radius 2 is 2.19 bits per heavy atom. The molecule has 2 rings (SSSR count). The van der Waals surface area contributed by atoms with E-state index in [2.05, 4.69) is 37.4 Å². The number of likely N-dealkylation sites (tertiary alicyclic amines) is 1. The van der Waals surface area contributed by atoms with Gasteiger partial charge in [-0.25, -0.2) is 0 Å². The molecule has 2 unspecified atom stereocenters. The molecule has 94 valence electrons. The van der Waals surface area contributed by atoms with Gasteiger partial charge in [-0.15, -0.1) is 0 Å². The first kappa shape index (κ1) is 12.7. The van der Waals surface area contributed by atoms with Gasteiger partial charge in [0, 0.05) is 29.6 Å². The van der Waals surface area contributed by atoms with Gasteiger partial charge in [-0.05, 0) is 31.2 Å². The molecule has 2 aliphatic heterocycles. The number of rotatable bonds is 2. The van der Waals surface area contributed by atoms with E-state index >= 15 is 0 Å². The normalized spacial score (nSPS) is 40.1. The molecule has 2 N–H and O–H groups in total. The average molecular weight is 242 g/mol. The summed E-state index contributed by atoms with van der Waals surface area (Å²) >= 11 is 2.10. The number of nitrogens with two attached hydrogens (primary N) is 1. The van der Waals surface area contributed by atoms with Crippen LogP contribution in [0.4, 0.5) is 0 Å². The Balaban J connectivity index is 2.09. The summed E-state index contributed by atoms with van der Waals surface area (Å²) in [6, 6.07) is 0. The molecule has 0 spiro atoms. The van der Waals surface area contributed by atoms with Crippen LogP contribution >= 0.6 is 11.8 Å². The average Bonchev–Trinajstić information content (AvgIpc) is 2.60. The van der Waals surface area contributed by atoms with Crippen LogP contribution in [0.5, 0.6) is 0 Å². The van der Waals surface area contributed by atoms with Crippen LogP contribution in [0.1, 0.15) is 40.0 Å². The highest BCUT2D eigenvalue weighted by molar-refractivity contribution is 8.00. The molecular weight excluding hydrogens is 216 g/mol. The van der Waals surface area contributed by atoms with Crippen LogP contribution in [-0.4, -0.2) is 41.1 Å². The highest BCUT2D eigenvalue weighted by atomic mass is 32.2. The molecule has 16 heavy (non-hydrogen) atoms. The molecule has 2 aliphatic rings. The molecular formula is C13H26N2S. The minimum absolute atomic E-state index is 0.307.